The fraction of sp³-hybridized carbons (Fsp3) is 0.176. The van der Waals surface area contributed by atoms with Crippen LogP contribution in [0.2, 0.25) is 5.02 Å². The molecule has 0 aliphatic heterocycles. The Morgan fingerprint density at radius 2 is 1.89 bits per heavy atom. The van der Waals surface area contributed by atoms with E-state index in [1.165, 1.54) is 36.0 Å². The molecule has 0 radical (unpaired) electrons. The van der Waals surface area contributed by atoms with Gasteiger partial charge in [-0.3, -0.25) is 4.79 Å². The van der Waals surface area contributed by atoms with Crippen LogP contribution < -0.4 is 10.6 Å². The normalized spacial score (nSPS) is 12.5. The Morgan fingerprint density at radius 1 is 1.18 bits per heavy atom. The highest BCUT2D eigenvalue weighted by Gasteiger charge is 2.30. The van der Waals surface area contributed by atoms with Gasteiger partial charge in [0.2, 0.25) is 0 Å². The van der Waals surface area contributed by atoms with Gasteiger partial charge in [-0.25, -0.2) is 15.0 Å². The summed E-state index contributed by atoms with van der Waals surface area (Å²) in [4.78, 5) is 24.8. The van der Waals surface area contributed by atoms with Gasteiger partial charge < -0.3 is 10.6 Å². The highest BCUT2D eigenvalue weighted by Crippen LogP contribution is 2.31. The topological polar surface area (TPSA) is 79.8 Å². The smallest absolute Gasteiger partial charge is 0.343 e. The van der Waals surface area contributed by atoms with E-state index in [1.54, 1.807) is 13.1 Å². The van der Waals surface area contributed by atoms with Crippen LogP contribution in [0.1, 0.15) is 33.9 Å². The minimum Gasteiger partial charge on any atom is -0.343 e. The molecule has 0 aliphatic rings. The summed E-state index contributed by atoms with van der Waals surface area (Å²) >= 11 is 7.17. The summed E-state index contributed by atoms with van der Waals surface area (Å²) in [5, 5.41) is 6.32. The molecule has 3 rings (SSSR count). The zero-order chi connectivity index (χ0) is 20.3. The Morgan fingerprint density at radius 3 is 2.54 bits per heavy atom. The number of halogens is 4. The molecule has 0 aliphatic carbocycles. The summed E-state index contributed by atoms with van der Waals surface area (Å²) < 4.78 is 37.8. The summed E-state index contributed by atoms with van der Waals surface area (Å²) in [6.45, 7) is 1.77. The third kappa shape index (κ3) is 4.76. The van der Waals surface area contributed by atoms with Crippen LogP contribution >= 0.6 is 22.9 Å². The van der Waals surface area contributed by atoms with Gasteiger partial charge in [0.05, 0.1) is 16.6 Å². The van der Waals surface area contributed by atoms with E-state index in [9.17, 15) is 18.0 Å². The maximum atomic E-state index is 12.6. The molecule has 1 amide bonds. The summed E-state index contributed by atoms with van der Waals surface area (Å²) in [5.74, 6) is -0.453. The zero-order valence-electron chi connectivity index (χ0n) is 14.3. The molecular formula is C17H13ClF3N5OS. The number of carbonyl (C=O) groups excluding carboxylic acids is 1. The number of thiazole rings is 1. The van der Waals surface area contributed by atoms with Gasteiger partial charge in [0.15, 0.2) is 5.13 Å². The van der Waals surface area contributed by atoms with E-state index in [1.807, 2.05) is 0 Å². The van der Waals surface area contributed by atoms with Crippen molar-refractivity contribution in [2.75, 3.05) is 5.32 Å². The molecule has 2 heterocycles. The lowest BCUT2D eigenvalue weighted by molar-refractivity contribution is -0.137. The largest absolute Gasteiger partial charge is 0.416 e. The quantitative estimate of drug-likeness (QED) is 0.609. The van der Waals surface area contributed by atoms with Crippen LogP contribution in [0, 0.1) is 0 Å². The van der Waals surface area contributed by atoms with Gasteiger partial charge in [-0.2, -0.15) is 13.2 Å². The highest BCUT2D eigenvalue weighted by atomic mass is 35.5. The number of nitrogens with zero attached hydrogens (tertiary/aromatic N) is 3. The number of anilines is 2. The van der Waals surface area contributed by atoms with E-state index in [-0.39, 0.29) is 16.8 Å². The molecule has 1 unspecified atom stereocenters. The molecule has 0 saturated carbocycles. The second-order valence-corrected chi connectivity index (χ2v) is 7.15. The van der Waals surface area contributed by atoms with E-state index >= 15 is 0 Å². The lowest BCUT2D eigenvalue weighted by Crippen LogP contribution is -2.27. The molecule has 1 atom stereocenters. The lowest BCUT2D eigenvalue weighted by Gasteiger charge is -2.11. The number of carbonyl (C=O) groups is 1. The van der Waals surface area contributed by atoms with Gasteiger partial charge in [0.25, 0.3) is 5.91 Å². The van der Waals surface area contributed by atoms with Gasteiger partial charge in [-0.05, 0) is 31.2 Å². The first-order chi connectivity index (χ1) is 13.2. The minimum absolute atomic E-state index is 0.0659. The number of hydrogen-bond acceptors (Lipinski definition) is 6. The number of benzene rings is 1. The van der Waals surface area contributed by atoms with Crippen LogP contribution in [0.4, 0.5) is 24.0 Å². The Bertz CT molecular complexity index is 977. The van der Waals surface area contributed by atoms with Gasteiger partial charge >= 0.3 is 6.18 Å². The first-order valence-corrected chi connectivity index (χ1v) is 9.10. The van der Waals surface area contributed by atoms with Crippen molar-refractivity contribution in [3.63, 3.8) is 0 Å². The fourth-order valence-electron chi connectivity index (χ4n) is 2.23. The van der Waals surface area contributed by atoms with E-state index < -0.39 is 17.6 Å². The Labute approximate surface area is 166 Å². The van der Waals surface area contributed by atoms with E-state index in [0.717, 1.165) is 17.0 Å². The Kier molecular flexibility index (Phi) is 5.80. The number of hydrogen-bond donors (Lipinski definition) is 2. The Hall–Kier alpha value is -2.72. The average molecular weight is 428 g/mol. The molecule has 11 heteroatoms. The first kappa shape index (κ1) is 20.0. The van der Waals surface area contributed by atoms with Crippen molar-refractivity contribution in [1.29, 1.82) is 0 Å². The van der Waals surface area contributed by atoms with Crippen LogP contribution in [-0.2, 0) is 6.18 Å². The van der Waals surface area contributed by atoms with Gasteiger partial charge in [-0.1, -0.05) is 22.9 Å². The van der Waals surface area contributed by atoms with Crippen molar-refractivity contribution in [2.24, 2.45) is 0 Å². The van der Waals surface area contributed by atoms with Gasteiger partial charge in [0, 0.05) is 23.0 Å². The molecule has 2 aromatic heterocycles. The second-order valence-electron chi connectivity index (χ2n) is 5.68. The minimum atomic E-state index is -4.38. The van der Waals surface area contributed by atoms with Crippen LogP contribution in [0.15, 0.2) is 43.0 Å². The molecule has 0 spiro atoms. The maximum Gasteiger partial charge on any atom is 0.416 e. The molecule has 2 N–H and O–H groups in total. The van der Waals surface area contributed by atoms with Crippen molar-refractivity contribution in [1.82, 2.24) is 20.3 Å². The van der Waals surface area contributed by atoms with Crippen molar-refractivity contribution in [3.05, 3.63) is 64.1 Å². The van der Waals surface area contributed by atoms with Crippen molar-refractivity contribution in [3.8, 4) is 0 Å². The maximum absolute atomic E-state index is 12.6. The van der Waals surface area contributed by atoms with Crippen molar-refractivity contribution >= 4 is 39.7 Å². The molecule has 146 valence electrons. The van der Waals surface area contributed by atoms with E-state index in [0.29, 0.717) is 10.8 Å². The van der Waals surface area contributed by atoms with Gasteiger partial charge in [0.1, 0.15) is 12.0 Å². The summed E-state index contributed by atoms with van der Waals surface area (Å²) in [5.41, 5.74) is -0.188. The number of amides is 1. The monoisotopic (exact) mass is 427 g/mol. The van der Waals surface area contributed by atoms with Crippen LogP contribution in [0.3, 0.4) is 0 Å². The molecule has 3 aromatic rings. The van der Waals surface area contributed by atoms with Crippen LogP contribution in [0.5, 0.6) is 0 Å². The molecule has 0 bridgehead atoms. The molecule has 6 nitrogen and oxygen atoms in total. The average Bonchev–Trinajstić information content (AvgIpc) is 3.10. The number of rotatable bonds is 5. The van der Waals surface area contributed by atoms with E-state index in [4.69, 9.17) is 11.6 Å². The number of alkyl halides is 3. The van der Waals surface area contributed by atoms with Crippen molar-refractivity contribution < 1.29 is 18.0 Å². The number of nitrogens with one attached hydrogen (secondary N) is 2. The predicted molar refractivity (Wildman–Crippen MR) is 99.8 cm³/mol. The van der Waals surface area contributed by atoms with Crippen molar-refractivity contribution in [2.45, 2.75) is 19.1 Å². The standard InChI is InChI=1S/C17H13ClF3N5OS/c1-9(25-15(27)14-12(18)6-22-8-24-14)13-7-23-16(28-13)26-11-4-2-10(3-5-11)17(19,20)21/h2-9H,1H3,(H,23,26)(H,25,27). The van der Waals surface area contributed by atoms with Gasteiger partial charge in [-0.15, -0.1) is 0 Å². The van der Waals surface area contributed by atoms with Crippen LogP contribution in [-0.4, -0.2) is 20.9 Å². The van der Waals surface area contributed by atoms with Crippen LogP contribution in [0.25, 0.3) is 0 Å². The lowest BCUT2D eigenvalue weighted by atomic mass is 10.2. The summed E-state index contributed by atoms with van der Waals surface area (Å²) in [7, 11) is 0. The SMILES string of the molecule is CC(NC(=O)c1ncncc1Cl)c1cnc(Nc2ccc(C(F)(F)F)cc2)s1. The predicted octanol–water partition coefficient (Wildman–Crippen LogP) is 4.84. The summed E-state index contributed by atoms with van der Waals surface area (Å²) in [6, 6.07) is 4.26. The highest BCUT2D eigenvalue weighted by molar-refractivity contribution is 7.15. The first-order valence-electron chi connectivity index (χ1n) is 7.90. The molecule has 1 aromatic carbocycles. The zero-order valence-corrected chi connectivity index (χ0v) is 15.9. The molecular weight excluding hydrogens is 415 g/mol. The number of aromatic nitrogens is 3. The molecule has 0 fully saturated rings. The molecule has 0 saturated heterocycles. The molecule has 28 heavy (non-hydrogen) atoms. The fourth-order valence-corrected chi connectivity index (χ4v) is 3.26. The second kappa shape index (κ2) is 8.11. The third-order valence-electron chi connectivity index (χ3n) is 3.64. The summed E-state index contributed by atoms with van der Waals surface area (Å²) in [6.07, 6.45) is -0.256. The Balaban J connectivity index is 1.65. The third-order valence-corrected chi connectivity index (χ3v) is 5.02. The van der Waals surface area contributed by atoms with E-state index in [2.05, 4.69) is 25.6 Å².